The second-order valence-corrected chi connectivity index (χ2v) is 5.02. The van der Waals surface area contributed by atoms with Crippen molar-refractivity contribution in [3.63, 3.8) is 0 Å². The molecule has 88 valence electrons. The zero-order valence-corrected chi connectivity index (χ0v) is 9.62. The van der Waals surface area contributed by atoms with Crippen LogP contribution in [0.3, 0.4) is 0 Å². The molecule has 0 aromatic rings. The summed E-state index contributed by atoms with van der Waals surface area (Å²) in [6.07, 6.45) is 3.39. The van der Waals surface area contributed by atoms with Gasteiger partial charge in [0.1, 0.15) is 0 Å². The van der Waals surface area contributed by atoms with Crippen LogP contribution >= 0.6 is 0 Å². The van der Waals surface area contributed by atoms with Crippen molar-refractivity contribution in [2.24, 2.45) is 11.1 Å². The Morgan fingerprint density at radius 3 is 2.60 bits per heavy atom. The molecule has 0 spiro atoms. The molecule has 0 aliphatic heterocycles. The minimum Gasteiger partial charge on any atom is -0.391 e. The molecule has 1 fully saturated rings. The summed E-state index contributed by atoms with van der Waals surface area (Å²) < 4.78 is 0. The molecule has 4 nitrogen and oxygen atoms in total. The molecular formula is C11H22N2O2. The number of aliphatic hydroxyl groups is 1. The zero-order chi connectivity index (χ0) is 11.5. The molecule has 0 unspecified atom stereocenters. The lowest BCUT2D eigenvalue weighted by molar-refractivity contribution is -0.130. The summed E-state index contributed by atoms with van der Waals surface area (Å²) in [7, 11) is 0. The van der Waals surface area contributed by atoms with Crippen LogP contribution in [0, 0.1) is 5.41 Å². The summed E-state index contributed by atoms with van der Waals surface area (Å²) in [6, 6.07) is -0.0860. The number of rotatable bonds is 3. The van der Waals surface area contributed by atoms with E-state index in [9.17, 15) is 9.90 Å². The molecule has 1 amide bonds. The van der Waals surface area contributed by atoms with Crippen molar-refractivity contribution < 1.29 is 9.90 Å². The van der Waals surface area contributed by atoms with E-state index in [1.54, 1.807) is 0 Å². The molecule has 1 aliphatic rings. The van der Waals surface area contributed by atoms with Crippen molar-refractivity contribution >= 4 is 5.91 Å². The highest BCUT2D eigenvalue weighted by atomic mass is 16.3. The Morgan fingerprint density at radius 1 is 1.47 bits per heavy atom. The SMILES string of the molecule is CC(C)(CN)C(=O)N[C@@H]1CCCC[C@H]1O. The highest BCUT2D eigenvalue weighted by molar-refractivity contribution is 5.82. The predicted octanol–water partition coefficient (Wildman–Crippen LogP) is 0.391. The van der Waals surface area contributed by atoms with Crippen molar-refractivity contribution in [2.75, 3.05) is 6.54 Å². The fraction of sp³-hybridized carbons (Fsp3) is 0.909. The lowest BCUT2D eigenvalue weighted by atomic mass is 9.89. The summed E-state index contributed by atoms with van der Waals surface area (Å²) in [4.78, 5) is 11.8. The Morgan fingerprint density at radius 2 is 2.07 bits per heavy atom. The normalized spacial score (nSPS) is 27.5. The van der Waals surface area contributed by atoms with Gasteiger partial charge in [-0.1, -0.05) is 12.8 Å². The highest BCUT2D eigenvalue weighted by Crippen LogP contribution is 2.20. The van der Waals surface area contributed by atoms with E-state index in [-0.39, 0.29) is 11.9 Å². The Kier molecular flexibility index (Phi) is 4.11. The molecule has 1 saturated carbocycles. The van der Waals surface area contributed by atoms with Crippen molar-refractivity contribution in [3.05, 3.63) is 0 Å². The first kappa shape index (κ1) is 12.5. The monoisotopic (exact) mass is 214 g/mol. The van der Waals surface area contributed by atoms with E-state index in [0.29, 0.717) is 6.54 Å². The lowest BCUT2D eigenvalue weighted by Crippen LogP contribution is -2.51. The maximum Gasteiger partial charge on any atom is 0.227 e. The van der Waals surface area contributed by atoms with Gasteiger partial charge in [-0.05, 0) is 26.7 Å². The van der Waals surface area contributed by atoms with Crippen LogP contribution in [0.25, 0.3) is 0 Å². The van der Waals surface area contributed by atoms with Gasteiger partial charge in [0.2, 0.25) is 5.91 Å². The molecule has 2 atom stereocenters. The molecule has 15 heavy (non-hydrogen) atoms. The maximum absolute atomic E-state index is 11.8. The minimum absolute atomic E-state index is 0.0593. The Balaban J connectivity index is 2.50. The van der Waals surface area contributed by atoms with Crippen LogP contribution in [0.2, 0.25) is 0 Å². The second-order valence-electron chi connectivity index (χ2n) is 5.02. The summed E-state index contributed by atoms with van der Waals surface area (Å²) in [6.45, 7) is 3.96. The van der Waals surface area contributed by atoms with E-state index >= 15 is 0 Å². The third-order valence-electron chi connectivity index (χ3n) is 3.17. The average Bonchev–Trinajstić information content (AvgIpc) is 2.21. The van der Waals surface area contributed by atoms with E-state index in [4.69, 9.17) is 5.73 Å². The van der Waals surface area contributed by atoms with Crippen LogP contribution in [0.5, 0.6) is 0 Å². The van der Waals surface area contributed by atoms with Crippen molar-refractivity contribution in [1.29, 1.82) is 0 Å². The molecule has 0 heterocycles. The highest BCUT2D eigenvalue weighted by Gasteiger charge is 2.31. The number of aliphatic hydroxyl groups excluding tert-OH is 1. The molecule has 1 rings (SSSR count). The van der Waals surface area contributed by atoms with E-state index < -0.39 is 11.5 Å². The van der Waals surface area contributed by atoms with Crippen LogP contribution in [-0.2, 0) is 4.79 Å². The number of amides is 1. The summed E-state index contributed by atoms with van der Waals surface area (Å²) >= 11 is 0. The second kappa shape index (κ2) is 4.94. The molecule has 1 aliphatic carbocycles. The largest absolute Gasteiger partial charge is 0.391 e. The van der Waals surface area contributed by atoms with Crippen molar-refractivity contribution in [1.82, 2.24) is 5.32 Å². The number of hydrogen-bond donors (Lipinski definition) is 3. The van der Waals surface area contributed by atoms with Gasteiger partial charge in [0.15, 0.2) is 0 Å². The predicted molar refractivity (Wildman–Crippen MR) is 59.2 cm³/mol. The number of nitrogens with one attached hydrogen (secondary N) is 1. The van der Waals surface area contributed by atoms with Gasteiger partial charge in [-0.2, -0.15) is 0 Å². The molecule has 0 aromatic heterocycles. The Bertz CT molecular complexity index is 229. The fourth-order valence-corrected chi connectivity index (χ4v) is 1.74. The van der Waals surface area contributed by atoms with Crippen LogP contribution in [0.4, 0.5) is 0 Å². The van der Waals surface area contributed by atoms with Crippen LogP contribution in [0.1, 0.15) is 39.5 Å². The number of carbonyl (C=O) groups excluding carboxylic acids is 1. The number of nitrogens with two attached hydrogens (primary N) is 1. The fourth-order valence-electron chi connectivity index (χ4n) is 1.74. The molecule has 4 N–H and O–H groups in total. The first-order valence-corrected chi connectivity index (χ1v) is 5.66. The van der Waals surface area contributed by atoms with Crippen LogP contribution < -0.4 is 11.1 Å². The van der Waals surface area contributed by atoms with E-state index in [1.165, 1.54) is 0 Å². The molecule has 0 radical (unpaired) electrons. The van der Waals surface area contributed by atoms with Gasteiger partial charge in [-0.25, -0.2) is 0 Å². The third-order valence-corrected chi connectivity index (χ3v) is 3.17. The quantitative estimate of drug-likeness (QED) is 0.636. The Hall–Kier alpha value is -0.610. The van der Waals surface area contributed by atoms with Gasteiger partial charge in [0.05, 0.1) is 17.6 Å². The summed E-state index contributed by atoms with van der Waals surface area (Å²) in [5, 5.41) is 12.6. The van der Waals surface area contributed by atoms with Crippen molar-refractivity contribution in [2.45, 2.75) is 51.7 Å². The number of carbonyl (C=O) groups is 1. The van der Waals surface area contributed by atoms with Gasteiger partial charge in [0.25, 0.3) is 0 Å². The van der Waals surface area contributed by atoms with Gasteiger partial charge in [-0.15, -0.1) is 0 Å². The lowest BCUT2D eigenvalue weighted by Gasteiger charge is -2.31. The first-order valence-electron chi connectivity index (χ1n) is 5.66. The topological polar surface area (TPSA) is 75.4 Å². The number of hydrogen-bond acceptors (Lipinski definition) is 3. The standard InChI is InChI=1S/C11H22N2O2/c1-11(2,7-12)10(15)13-8-5-3-4-6-9(8)14/h8-9,14H,3-7,12H2,1-2H3,(H,13,15)/t8-,9-/m1/s1. The van der Waals surface area contributed by atoms with E-state index in [1.807, 2.05) is 13.8 Å². The van der Waals surface area contributed by atoms with E-state index in [0.717, 1.165) is 25.7 Å². The average molecular weight is 214 g/mol. The maximum atomic E-state index is 11.8. The van der Waals surface area contributed by atoms with Crippen molar-refractivity contribution in [3.8, 4) is 0 Å². The van der Waals surface area contributed by atoms with Gasteiger partial charge in [-0.3, -0.25) is 4.79 Å². The van der Waals surface area contributed by atoms with Gasteiger partial charge < -0.3 is 16.2 Å². The minimum atomic E-state index is -0.544. The van der Waals surface area contributed by atoms with Gasteiger partial charge >= 0.3 is 0 Å². The van der Waals surface area contributed by atoms with E-state index in [2.05, 4.69) is 5.32 Å². The third kappa shape index (κ3) is 3.18. The molecule has 0 aromatic carbocycles. The zero-order valence-electron chi connectivity index (χ0n) is 9.62. The van der Waals surface area contributed by atoms with Crippen LogP contribution in [-0.4, -0.2) is 29.7 Å². The molecule has 0 saturated heterocycles. The Labute approximate surface area is 91.2 Å². The smallest absolute Gasteiger partial charge is 0.227 e. The molecular weight excluding hydrogens is 192 g/mol. The molecule has 4 heteroatoms. The summed E-state index contributed by atoms with van der Waals surface area (Å²) in [5.74, 6) is -0.0593. The first-order chi connectivity index (χ1) is 6.97. The van der Waals surface area contributed by atoms with Crippen LogP contribution in [0.15, 0.2) is 0 Å². The summed E-state index contributed by atoms with van der Waals surface area (Å²) in [5.41, 5.74) is 4.98. The molecule has 0 bridgehead atoms. The van der Waals surface area contributed by atoms with Gasteiger partial charge in [0, 0.05) is 6.54 Å².